The highest BCUT2D eigenvalue weighted by molar-refractivity contribution is 6.30. The number of piperidine rings is 1. The van der Waals surface area contributed by atoms with Gasteiger partial charge in [0.05, 0.1) is 17.1 Å². The number of pyridine rings is 1. The molecular formula is C19H17ClF2N4O. The first-order chi connectivity index (χ1) is 13.1. The number of rotatable bonds is 4. The number of fused-ring (bicyclic) bond motifs is 1. The normalized spacial score (nSPS) is 17.5. The van der Waals surface area contributed by atoms with E-state index in [1.54, 1.807) is 24.3 Å². The van der Waals surface area contributed by atoms with Crippen LogP contribution in [-0.2, 0) is 0 Å². The van der Waals surface area contributed by atoms with Crippen molar-refractivity contribution in [3.05, 3.63) is 53.4 Å². The van der Waals surface area contributed by atoms with Gasteiger partial charge in [-0.1, -0.05) is 23.7 Å². The molecule has 0 aliphatic carbocycles. The number of nitrogens with zero attached hydrogens (tertiary/aromatic N) is 4. The number of aromatic nitrogens is 3. The van der Waals surface area contributed by atoms with Crippen molar-refractivity contribution in [2.45, 2.75) is 25.4 Å². The quantitative estimate of drug-likeness (QED) is 0.648. The average Bonchev–Trinajstić information content (AvgIpc) is 2.69. The zero-order valence-corrected chi connectivity index (χ0v) is 15.1. The van der Waals surface area contributed by atoms with Crippen molar-refractivity contribution in [1.29, 1.82) is 0 Å². The predicted molar refractivity (Wildman–Crippen MR) is 99.6 cm³/mol. The minimum atomic E-state index is -2.72. The Morgan fingerprint density at radius 3 is 2.78 bits per heavy atom. The number of anilines is 1. The molecule has 0 spiro atoms. The molecule has 1 saturated heterocycles. The van der Waals surface area contributed by atoms with Crippen molar-refractivity contribution in [3.8, 4) is 5.88 Å². The molecule has 4 rings (SSSR count). The Labute approximate surface area is 160 Å². The molecule has 140 valence electrons. The number of ether oxygens (including phenoxy) is 1. The first-order valence-electron chi connectivity index (χ1n) is 8.68. The van der Waals surface area contributed by atoms with Crippen LogP contribution in [-0.4, -0.2) is 34.1 Å². The van der Waals surface area contributed by atoms with Crippen molar-refractivity contribution in [1.82, 2.24) is 15.0 Å². The van der Waals surface area contributed by atoms with Crippen molar-refractivity contribution in [3.63, 3.8) is 0 Å². The van der Waals surface area contributed by atoms with Gasteiger partial charge in [-0.15, -0.1) is 0 Å². The SMILES string of the molecule is FC(F)c1nc(N2CCCC(Oc3ccc(Cl)cn3)C2)c2ccccc2n1. The lowest BCUT2D eigenvalue weighted by atomic mass is 10.1. The largest absolute Gasteiger partial charge is 0.472 e. The molecule has 0 bridgehead atoms. The third-order valence-corrected chi connectivity index (χ3v) is 4.68. The van der Waals surface area contributed by atoms with E-state index >= 15 is 0 Å². The second-order valence-corrected chi connectivity index (χ2v) is 6.80. The highest BCUT2D eigenvalue weighted by Gasteiger charge is 2.25. The molecule has 1 aliphatic heterocycles. The molecule has 0 amide bonds. The van der Waals surface area contributed by atoms with Crippen molar-refractivity contribution in [2.75, 3.05) is 18.0 Å². The maximum Gasteiger partial charge on any atom is 0.297 e. The Balaban J connectivity index is 1.61. The van der Waals surface area contributed by atoms with E-state index in [0.29, 0.717) is 28.8 Å². The van der Waals surface area contributed by atoms with Crippen molar-refractivity contribution >= 4 is 28.3 Å². The summed E-state index contributed by atoms with van der Waals surface area (Å²) >= 11 is 5.85. The number of hydrogen-bond donors (Lipinski definition) is 0. The summed E-state index contributed by atoms with van der Waals surface area (Å²) in [5.74, 6) is 0.562. The van der Waals surface area contributed by atoms with Gasteiger partial charge in [0.25, 0.3) is 6.43 Å². The van der Waals surface area contributed by atoms with E-state index in [1.807, 2.05) is 17.0 Å². The van der Waals surface area contributed by atoms with Crippen LogP contribution in [0.3, 0.4) is 0 Å². The molecule has 8 heteroatoms. The van der Waals surface area contributed by atoms with Crippen LogP contribution in [0.5, 0.6) is 5.88 Å². The lowest BCUT2D eigenvalue weighted by molar-refractivity contribution is 0.140. The van der Waals surface area contributed by atoms with Crippen LogP contribution in [0.25, 0.3) is 10.9 Å². The molecule has 5 nitrogen and oxygen atoms in total. The van der Waals surface area contributed by atoms with Gasteiger partial charge < -0.3 is 9.64 Å². The molecule has 1 unspecified atom stereocenters. The molecule has 2 aromatic heterocycles. The minimum Gasteiger partial charge on any atom is -0.472 e. The fourth-order valence-electron chi connectivity index (χ4n) is 3.25. The van der Waals surface area contributed by atoms with Crippen LogP contribution in [0.2, 0.25) is 5.02 Å². The van der Waals surface area contributed by atoms with Crippen LogP contribution < -0.4 is 9.64 Å². The van der Waals surface area contributed by atoms with Gasteiger partial charge in [0.1, 0.15) is 11.9 Å². The van der Waals surface area contributed by atoms with E-state index in [1.165, 1.54) is 6.20 Å². The summed E-state index contributed by atoms with van der Waals surface area (Å²) in [6.45, 7) is 1.26. The van der Waals surface area contributed by atoms with Crippen molar-refractivity contribution in [2.24, 2.45) is 0 Å². The average molecular weight is 391 g/mol. The van der Waals surface area contributed by atoms with E-state index < -0.39 is 12.2 Å². The Kier molecular flexibility index (Phi) is 5.03. The van der Waals surface area contributed by atoms with E-state index in [0.717, 1.165) is 24.8 Å². The fraction of sp³-hybridized carbons (Fsp3) is 0.316. The summed E-state index contributed by atoms with van der Waals surface area (Å²) in [7, 11) is 0. The number of benzene rings is 1. The molecule has 1 aliphatic rings. The minimum absolute atomic E-state index is 0.115. The molecule has 1 atom stereocenters. The van der Waals surface area contributed by atoms with Gasteiger partial charge in [-0.2, -0.15) is 0 Å². The molecule has 1 fully saturated rings. The second kappa shape index (κ2) is 7.60. The predicted octanol–water partition coefficient (Wildman–Crippen LogP) is 4.66. The summed E-state index contributed by atoms with van der Waals surface area (Å²) in [6, 6.07) is 10.6. The Morgan fingerprint density at radius 1 is 1.15 bits per heavy atom. The third kappa shape index (κ3) is 3.93. The van der Waals surface area contributed by atoms with Gasteiger partial charge >= 0.3 is 0 Å². The van der Waals surface area contributed by atoms with Crippen LogP contribution in [0.15, 0.2) is 42.6 Å². The van der Waals surface area contributed by atoms with Gasteiger partial charge in [0.2, 0.25) is 5.88 Å². The number of alkyl halides is 2. The van der Waals surface area contributed by atoms with Gasteiger partial charge in [-0.3, -0.25) is 0 Å². The van der Waals surface area contributed by atoms with Crippen molar-refractivity contribution < 1.29 is 13.5 Å². The lowest BCUT2D eigenvalue weighted by Crippen LogP contribution is -2.42. The Hall–Kier alpha value is -2.54. The maximum absolute atomic E-state index is 13.3. The molecule has 3 heterocycles. The summed E-state index contributed by atoms with van der Waals surface area (Å²) < 4.78 is 32.5. The van der Waals surface area contributed by atoms with E-state index in [9.17, 15) is 8.78 Å². The summed E-state index contributed by atoms with van der Waals surface area (Å²) in [5.41, 5.74) is 0.514. The highest BCUT2D eigenvalue weighted by atomic mass is 35.5. The zero-order valence-electron chi connectivity index (χ0n) is 14.4. The van der Waals surface area contributed by atoms with Crippen LogP contribution in [0.4, 0.5) is 14.6 Å². The van der Waals surface area contributed by atoms with Gasteiger partial charge in [-0.05, 0) is 31.0 Å². The van der Waals surface area contributed by atoms with E-state index in [-0.39, 0.29) is 6.10 Å². The Bertz CT molecular complexity index is 939. The summed E-state index contributed by atoms with van der Waals surface area (Å²) in [5, 5.41) is 1.30. The molecule has 27 heavy (non-hydrogen) atoms. The molecule has 1 aromatic carbocycles. The lowest BCUT2D eigenvalue weighted by Gasteiger charge is -2.34. The molecule has 0 radical (unpaired) electrons. The topological polar surface area (TPSA) is 51.1 Å². The van der Waals surface area contributed by atoms with Crippen LogP contribution >= 0.6 is 11.6 Å². The first-order valence-corrected chi connectivity index (χ1v) is 9.06. The highest BCUT2D eigenvalue weighted by Crippen LogP contribution is 2.29. The number of para-hydroxylation sites is 1. The zero-order chi connectivity index (χ0) is 18.8. The second-order valence-electron chi connectivity index (χ2n) is 6.37. The van der Waals surface area contributed by atoms with Gasteiger partial charge in [-0.25, -0.2) is 23.7 Å². The molecular weight excluding hydrogens is 374 g/mol. The Morgan fingerprint density at radius 2 is 2.00 bits per heavy atom. The van der Waals surface area contributed by atoms with Gasteiger partial charge in [0, 0.05) is 24.2 Å². The van der Waals surface area contributed by atoms with Gasteiger partial charge in [0.15, 0.2) is 5.82 Å². The summed E-state index contributed by atoms with van der Waals surface area (Å²) in [6.07, 6.45) is 0.413. The van der Waals surface area contributed by atoms with E-state index in [4.69, 9.17) is 16.3 Å². The first kappa shape index (κ1) is 17.9. The number of hydrogen-bond acceptors (Lipinski definition) is 5. The monoisotopic (exact) mass is 390 g/mol. The molecule has 0 saturated carbocycles. The fourth-order valence-corrected chi connectivity index (χ4v) is 3.36. The van der Waals surface area contributed by atoms with E-state index in [2.05, 4.69) is 15.0 Å². The molecule has 0 N–H and O–H groups in total. The standard InChI is InChI=1S/C19H17ClF2N4O/c20-12-7-8-16(23-10-12)27-13-4-3-9-26(11-13)19-14-5-1-2-6-15(14)24-18(25-19)17(21)22/h1-2,5-8,10,13,17H,3-4,9,11H2. The number of halogens is 3. The maximum atomic E-state index is 13.3. The summed E-state index contributed by atoms with van der Waals surface area (Å²) in [4.78, 5) is 14.3. The van der Waals surface area contributed by atoms with Crippen LogP contribution in [0.1, 0.15) is 25.1 Å². The van der Waals surface area contributed by atoms with Crippen LogP contribution in [0, 0.1) is 0 Å². The molecule has 3 aromatic rings. The smallest absolute Gasteiger partial charge is 0.297 e. The third-order valence-electron chi connectivity index (χ3n) is 4.46.